The fraction of sp³-hybridized carbons (Fsp3) is 0.394. The molecule has 2 aliphatic heterocycles. The van der Waals surface area contributed by atoms with Gasteiger partial charge < -0.3 is 19.3 Å². The van der Waals surface area contributed by atoms with Crippen molar-refractivity contribution in [2.75, 3.05) is 27.4 Å². The van der Waals surface area contributed by atoms with Crippen LogP contribution in [0.2, 0.25) is 10.0 Å². The third kappa shape index (κ3) is 5.56. The average molecular weight is 631 g/mol. The molecule has 0 spiro atoms. The fourth-order valence-corrected chi connectivity index (χ4v) is 6.82. The third-order valence-electron chi connectivity index (χ3n) is 8.81. The average Bonchev–Trinajstić information content (AvgIpc) is 3.26. The standard InChI is InChI=1S/C33H34Cl2FNO6/c1-4-32(40,22-11-13-43-14-12-22)24-17-27-30(28(36)18-24)33(42-3,23-6-9-25(34)10-7-23)37(31(27)39)19-20-5-8-26(35)15-21(20)16-29(38)41-2/h5-10,15,17-18,22,40H,4,11-14,16,19H2,1-3H3/t32-,33+/m0/s1. The summed E-state index contributed by atoms with van der Waals surface area (Å²) >= 11 is 12.5. The Hall–Kier alpha value is -3.01. The van der Waals surface area contributed by atoms with E-state index in [2.05, 4.69) is 0 Å². The maximum Gasteiger partial charge on any atom is 0.309 e. The predicted molar refractivity (Wildman–Crippen MR) is 160 cm³/mol. The van der Waals surface area contributed by atoms with E-state index < -0.39 is 29.0 Å². The third-order valence-corrected chi connectivity index (χ3v) is 9.30. The molecular weight excluding hydrogens is 596 g/mol. The van der Waals surface area contributed by atoms with Gasteiger partial charge in [-0.2, -0.15) is 0 Å². The molecule has 2 heterocycles. The molecule has 1 amide bonds. The van der Waals surface area contributed by atoms with Crippen molar-refractivity contribution in [3.05, 3.63) is 104 Å². The number of benzene rings is 3. The van der Waals surface area contributed by atoms with E-state index in [0.717, 1.165) is 0 Å². The summed E-state index contributed by atoms with van der Waals surface area (Å²) in [6.07, 6.45) is 1.50. The molecule has 0 saturated carbocycles. The van der Waals surface area contributed by atoms with E-state index in [1.165, 1.54) is 25.2 Å². The molecule has 1 saturated heterocycles. The van der Waals surface area contributed by atoms with Gasteiger partial charge in [-0.25, -0.2) is 4.39 Å². The molecule has 2 atom stereocenters. The summed E-state index contributed by atoms with van der Waals surface area (Å²) in [4.78, 5) is 28.1. The van der Waals surface area contributed by atoms with Crippen LogP contribution in [0, 0.1) is 11.7 Å². The fourth-order valence-electron chi connectivity index (χ4n) is 6.50. The van der Waals surface area contributed by atoms with Crippen molar-refractivity contribution >= 4 is 35.1 Å². The van der Waals surface area contributed by atoms with Gasteiger partial charge in [0, 0.05) is 42.5 Å². The first-order valence-corrected chi connectivity index (χ1v) is 15.0. The first-order valence-electron chi connectivity index (χ1n) is 14.2. The van der Waals surface area contributed by atoms with E-state index in [4.69, 9.17) is 37.4 Å². The summed E-state index contributed by atoms with van der Waals surface area (Å²) in [6, 6.07) is 14.6. The van der Waals surface area contributed by atoms with Crippen LogP contribution in [0.1, 0.15) is 64.4 Å². The van der Waals surface area contributed by atoms with E-state index in [-0.39, 0.29) is 30.0 Å². The zero-order valence-electron chi connectivity index (χ0n) is 24.3. The van der Waals surface area contributed by atoms with Gasteiger partial charge in [-0.05, 0) is 78.3 Å². The monoisotopic (exact) mass is 629 g/mol. The normalized spacial score (nSPS) is 20.2. The van der Waals surface area contributed by atoms with E-state index in [0.29, 0.717) is 64.8 Å². The number of rotatable bonds is 9. The highest BCUT2D eigenvalue weighted by atomic mass is 35.5. The molecule has 0 bridgehead atoms. The number of aliphatic hydroxyl groups is 1. The molecule has 10 heteroatoms. The summed E-state index contributed by atoms with van der Waals surface area (Å²) in [7, 11) is 2.71. The second kappa shape index (κ2) is 12.5. The molecule has 1 N–H and O–H groups in total. The lowest BCUT2D eigenvalue weighted by Gasteiger charge is -2.39. The molecule has 0 radical (unpaired) electrons. The molecule has 0 aromatic heterocycles. The van der Waals surface area contributed by atoms with Gasteiger partial charge in [0.25, 0.3) is 5.91 Å². The van der Waals surface area contributed by atoms with Crippen molar-refractivity contribution < 1.29 is 33.3 Å². The Kier molecular flexibility index (Phi) is 9.16. The van der Waals surface area contributed by atoms with E-state index in [9.17, 15) is 14.7 Å². The van der Waals surface area contributed by atoms with Crippen LogP contribution in [0.15, 0.2) is 54.6 Å². The Morgan fingerprint density at radius 2 is 1.74 bits per heavy atom. The summed E-state index contributed by atoms with van der Waals surface area (Å²) in [5.74, 6) is -1.80. The summed E-state index contributed by atoms with van der Waals surface area (Å²) in [6.45, 7) is 2.82. The SMILES string of the molecule is CC[C@@](O)(c1cc(F)c2c(c1)C(=O)N(Cc1ccc(Cl)cc1CC(=O)OC)[C@@]2(OC)c1ccc(Cl)cc1)C1CCOCC1. The lowest BCUT2D eigenvalue weighted by Crippen LogP contribution is -2.46. The highest BCUT2D eigenvalue weighted by Gasteiger charge is 2.54. The molecule has 3 aromatic rings. The van der Waals surface area contributed by atoms with Crippen molar-refractivity contribution in [1.82, 2.24) is 4.90 Å². The van der Waals surface area contributed by atoms with Crippen molar-refractivity contribution in [3.63, 3.8) is 0 Å². The molecule has 1 fully saturated rings. The number of nitrogens with zero attached hydrogens (tertiary/aromatic N) is 1. The first kappa shape index (κ1) is 31.4. The molecule has 228 valence electrons. The van der Waals surface area contributed by atoms with Crippen molar-refractivity contribution in [3.8, 4) is 0 Å². The van der Waals surface area contributed by atoms with Crippen LogP contribution in [-0.4, -0.2) is 49.3 Å². The minimum absolute atomic E-state index is 0.0414. The number of methoxy groups -OCH3 is 2. The van der Waals surface area contributed by atoms with Gasteiger partial charge in [0.05, 0.1) is 30.3 Å². The van der Waals surface area contributed by atoms with E-state index >= 15 is 4.39 Å². The number of ether oxygens (including phenoxy) is 3. The number of hydrogen-bond donors (Lipinski definition) is 1. The van der Waals surface area contributed by atoms with Gasteiger partial charge in [0.15, 0.2) is 5.72 Å². The number of amides is 1. The van der Waals surface area contributed by atoms with Crippen LogP contribution >= 0.6 is 23.2 Å². The van der Waals surface area contributed by atoms with Crippen LogP contribution in [0.5, 0.6) is 0 Å². The summed E-state index contributed by atoms with van der Waals surface area (Å²) in [5.41, 5.74) is -0.902. The Labute approximate surface area is 260 Å². The van der Waals surface area contributed by atoms with Crippen LogP contribution in [0.25, 0.3) is 0 Å². The number of carbonyl (C=O) groups excluding carboxylic acids is 2. The second-order valence-corrected chi connectivity index (χ2v) is 11.8. The zero-order chi connectivity index (χ0) is 30.9. The van der Waals surface area contributed by atoms with Gasteiger partial charge >= 0.3 is 5.97 Å². The van der Waals surface area contributed by atoms with Gasteiger partial charge in [-0.3, -0.25) is 14.5 Å². The second-order valence-electron chi connectivity index (χ2n) is 11.0. The topological polar surface area (TPSA) is 85.3 Å². The Morgan fingerprint density at radius 1 is 1.07 bits per heavy atom. The molecule has 43 heavy (non-hydrogen) atoms. The minimum atomic E-state index is -1.68. The number of halogens is 3. The first-order chi connectivity index (χ1) is 20.6. The largest absolute Gasteiger partial charge is 0.469 e. The lowest BCUT2D eigenvalue weighted by atomic mass is 9.74. The molecule has 0 aliphatic carbocycles. The number of fused-ring (bicyclic) bond motifs is 1. The van der Waals surface area contributed by atoms with E-state index in [1.807, 2.05) is 6.92 Å². The predicted octanol–water partition coefficient (Wildman–Crippen LogP) is 6.38. The quantitative estimate of drug-likeness (QED) is 0.277. The van der Waals surface area contributed by atoms with Crippen LogP contribution in [0.3, 0.4) is 0 Å². The maximum atomic E-state index is 16.6. The zero-order valence-corrected chi connectivity index (χ0v) is 25.8. The number of carbonyl (C=O) groups is 2. The molecule has 3 aromatic carbocycles. The van der Waals surface area contributed by atoms with Gasteiger partial charge in [-0.1, -0.05) is 48.3 Å². The molecular formula is C33H34Cl2FNO6. The van der Waals surface area contributed by atoms with Crippen LogP contribution < -0.4 is 0 Å². The summed E-state index contributed by atoms with van der Waals surface area (Å²) < 4.78 is 33.1. The lowest BCUT2D eigenvalue weighted by molar-refractivity contribution is -0.139. The molecule has 0 unspecified atom stereocenters. The molecule has 7 nitrogen and oxygen atoms in total. The van der Waals surface area contributed by atoms with Gasteiger partial charge in [0.1, 0.15) is 5.82 Å². The number of esters is 1. The Morgan fingerprint density at radius 3 is 2.37 bits per heavy atom. The van der Waals surface area contributed by atoms with E-state index in [1.54, 1.807) is 48.5 Å². The van der Waals surface area contributed by atoms with Crippen LogP contribution in [-0.2, 0) is 43.3 Å². The van der Waals surface area contributed by atoms with Crippen molar-refractivity contribution in [2.45, 2.75) is 50.5 Å². The van der Waals surface area contributed by atoms with Gasteiger partial charge in [0.2, 0.25) is 0 Å². The molecule has 2 aliphatic rings. The Bertz CT molecular complexity index is 1530. The molecule has 5 rings (SSSR count). The maximum absolute atomic E-state index is 16.6. The van der Waals surface area contributed by atoms with Crippen molar-refractivity contribution in [2.24, 2.45) is 5.92 Å². The highest BCUT2D eigenvalue weighted by Crippen LogP contribution is 2.49. The van der Waals surface area contributed by atoms with Crippen molar-refractivity contribution in [1.29, 1.82) is 0 Å². The smallest absolute Gasteiger partial charge is 0.309 e. The van der Waals surface area contributed by atoms with Gasteiger partial charge in [-0.15, -0.1) is 0 Å². The highest BCUT2D eigenvalue weighted by molar-refractivity contribution is 6.30. The Balaban J connectivity index is 1.69. The summed E-state index contributed by atoms with van der Waals surface area (Å²) in [5, 5.41) is 12.8. The minimum Gasteiger partial charge on any atom is -0.469 e. The number of hydrogen-bond acceptors (Lipinski definition) is 6. The van der Waals surface area contributed by atoms with Crippen LogP contribution in [0.4, 0.5) is 4.39 Å².